The number of benzene rings is 2. The molecule has 6 nitrogen and oxygen atoms in total. The summed E-state index contributed by atoms with van der Waals surface area (Å²) in [5, 5.41) is 14.3. The molecule has 0 radical (unpaired) electrons. The van der Waals surface area contributed by atoms with E-state index >= 15 is 0 Å². The fraction of sp³-hybridized carbons (Fsp3) is 0.357. The summed E-state index contributed by atoms with van der Waals surface area (Å²) in [6.07, 6.45) is 5.14. The third-order valence-corrected chi connectivity index (χ3v) is 8.63. The number of piperidine rings is 1. The van der Waals surface area contributed by atoms with E-state index < -0.39 is 10.0 Å². The number of pyridine rings is 1. The highest BCUT2D eigenvalue weighted by Gasteiger charge is 2.26. The second-order valence-electron chi connectivity index (χ2n) is 9.59. The van der Waals surface area contributed by atoms with Crippen LogP contribution in [-0.2, 0) is 10.0 Å². The summed E-state index contributed by atoms with van der Waals surface area (Å²) < 4.78 is 25.3. The van der Waals surface area contributed by atoms with Crippen LogP contribution < -0.4 is 0 Å². The third-order valence-electron chi connectivity index (χ3n) is 7.09. The second-order valence-corrected chi connectivity index (χ2v) is 12.0. The Morgan fingerprint density at radius 1 is 1.11 bits per heavy atom. The number of sulfonamides is 1. The van der Waals surface area contributed by atoms with Gasteiger partial charge in [0.2, 0.25) is 10.0 Å². The van der Waals surface area contributed by atoms with E-state index in [1.807, 2.05) is 44.2 Å². The number of hydrogen-bond acceptors (Lipinski definition) is 5. The number of oxime groups is 1. The van der Waals surface area contributed by atoms with E-state index in [-0.39, 0.29) is 5.92 Å². The van der Waals surface area contributed by atoms with Crippen LogP contribution in [0.5, 0.6) is 0 Å². The number of aryl methyl sites for hydroxylation is 2. The number of hydrogen-bond donors (Lipinski definition) is 1. The molecule has 0 aliphatic carbocycles. The predicted molar refractivity (Wildman–Crippen MR) is 145 cm³/mol. The first kappa shape index (κ1) is 26.3. The van der Waals surface area contributed by atoms with Crippen LogP contribution in [0.4, 0.5) is 0 Å². The van der Waals surface area contributed by atoms with Crippen molar-refractivity contribution in [2.75, 3.05) is 19.3 Å². The molecule has 1 aliphatic heterocycles. The molecular formula is C28H32ClN3O3S. The topological polar surface area (TPSA) is 82.9 Å². The SMILES string of the molecule is Cc1cc(/C(C[C@H](c2ccc(C3CCN(S(C)(=O)=O)CC3)cc2)c2ccc(Cl)cc2C)=N/O)ccn1. The van der Waals surface area contributed by atoms with Crippen LogP contribution >= 0.6 is 11.6 Å². The van der Waals surface area contributed by atoms with E-state index in [1.165, 1.54) is 11.8 Å². The Kier molecular flexibility index (Phi) is 8.13. The molecular weight excluding hydrogens is 494 g/mol. The zero-order valence-electron chi connectivity index (χ0n) is 20.9. The van der Waals surface area contributed by atoms with Gasteiger partial charge in [-0.25, -0.2) is 12.7 Å². The van der Waals surface area contributed by atoms with Gasteiger partial charge in [0, 0.05) is 47.9 Å². The van der Waals surface area contributed by atoms with Crippen LogP contribution in [0.2, 0.25) is 5.02 Å². The molecule has 0 bridgehead atoms. The van der Waals surface area contributed by atoms with E-state index in [2.05, 4.69) is 34.4 Å². The third kappa shape index (κ3) is 6.14. The average molecular weight is 526 g/mol. The molecule has 8 heteroatoms. The van der Waals surface area contributed by atoms with Gasteiger partial charge in [-0.1, -0.05) is 47.1 Å². The standard InChI is InChI=1S/C28H32ClN3O3S/c1-19-16-25(29)8-9-26(19)27(18-28(31-33)24-10-13-30-20(2)17-24)23-6-4-21(5-7-23)22-11-14-32(15-12-22)36(3,34)35/h4-10,13,16-17,22,27,33H,11-12,14-15,18H2,1-3H3/b31-28+/t27-/m1/s1. The van der Waals surface area contributed by atoms with Crippen LogP contribution in [0, 0.1) is 13.8 Å². The lowest BCUT2D eigenvalue weighted by Crippen LogP contribution is -2.37. The maximum Gasteiger partial charge on any atom is 0.211 e. The van der Waals surface area contributed by atoms with Gasteiger partial charge in [0.15, 0.2) is 0 Å². The van der Waals surface area contributed by atoms with Crippen molar-refractivity contribution in [2.24, 2.45) is 5.16 Å². The van der Waals surface area contributed by atoms with Gasteiger partial charge in [0.1, 0.15) is 0 Å². The lowest BCUT2D eigenvalue weighted by Gasteiger charge is -2.30. The van der Waals surface area contributed by atoms with Gasteiger partial charge < -0.3 is 5.21 Å². The zero-order chi connectivity index (χ0) is 25.9. The first-order chi connectivity index (χ1) is 17.2. The molecule has 36 heavy (non-hydrogen) atoms. The van der Waals surface area contributed by atoms with Crippen LogP contribution in [0.1, 0.15) is 64.6 Å². The first-order valence-electron chi connectivity index (χ1n) is 12.1. The molecule has 0 amide bonds. The van der Waals surface area contributed by atoms with E-state index in [4.69, 9.17) is 11.6 Å². The van der Waals surface area contributed by atoms with Crippen LogP contribution in [0.25, 0.3) is 0 Å². The molecule has 2 aromatic carbocycles. The Morgan fingerprint density at radius 3 is 2.39 bits per heavy atom. The van der Waals surface area contributed by atoms with Gasteiger partial charge in [0.05, 0.1) is 12.0 Å². The Hall–Kier alpha value is -2.74. The minimum absolute atomic E-state index is 0.0391. The summed E-state index contributed by atoms with van der Waals surface area (Å²) in [4.78, 5) is 4.26. The minimum atomic E-state index is -3.14. The summed E-state index contributed by atoms with van der Waals surface area (Å²) in [5.74, 6) is 0.296. The fourth-order valence-corrected chi connectivity index (χ4v) is 6.19. The molecule has 1 fully saturated rings. The Balaban J connectivity index is 1.62. The zero-order valence-corrected chi connectivity index (χ0v) is 22.4. The van der Waals surface area contributed by atoms with Crippen molar-refractivity contribution in [2.45, 2.75) is 44.9 Å². The highest BCUT2D eigenvalue weighted by atomic mass is 35.5. The smallest absolute Gasteiger partial charge is 0.211 e. The lowest BCUT2D eigenvalue weighted by atomic mass is 9.82. The highest BCUT2D eigenvalue weighted by molar-refractivity contribution is 7.88. The predicted octanol–water partition coefficient (Wildman–Crippen LogP) is 5.89. The molecule has 3 aromatic rings. The van der Waals surface area contributed by atoms with Crippen LogP contribution in [0.3, 0.4) is 0 Å². The Bertz CT molecular complexity index is 1350. The number of nitrogens with zero attached hydrogens (tertiary/aromatic N) is 3. The second kappa shape index (κ2) is 11.1. The molecule has 1 aliphatic rings. The number of halogens is 1. The molecule has 1 saturated heterocycles. The molecule has 0 unspecified atom stereocenters. The monoisotopic (exact) mass is 525 g/mol. The Morgan fingerprint density at radius 2 is 1.81 bits per heavy atom. The molecule has 1 aromatic heterocycles. The van der Waals surface area contributed by atoms with Gasteiger partial charge in [-0.2, -0.15) is 0 Å². The normalized spacial score (nSPS) is 16.7. The van der Waals surface area contributed by atoms with E-state index in [1.54, 1.807) is 10.5 Å². The van der Waals surface area contributed by atoms with Crippen molar-refractivity contribution in [1.82, 2.24) is 9.29 Å². The Labute approximate surface area is 218 Å². The van der Waals surface area contributed by atoms with Gasteiger partial charge in [-0.3, -0.25) is 4.98 Å². The summed E-state index contributed by atoms with van der Waals surface area (Å²) in [7, 11) is -3.14. The van der Waals surface area contributed by atoms with Crippen molar-refractivity contribution in [3.8, 4) is 0 Å². The maximum atomic E-state index is 11.9. The van der Waals surface area contributed by atoms with Gasteiger partial charge >= 0.3 is 0 Å². The molecule has 0 saturated carbocycles. The van der Waals surface area contributed by atoms with Crippen molar-refractivity contribution in [3.63, 3.8) is 0 Å². The summed E-state index contributed by atoms with van der Waals surface area (Å²) in [5.41, 5.74) is 6.84. The fourth-order valence-electron chi connectivity index (χ4n) is 5.09. The quantitative estimate of drug-likeness (QED) is 0.237. The maximum absolute atomic E-state index is 11.9. The molecule has 1 N–H and O–H groups in total. The lowest BCUT2D eigenvalue weighted by molar-refractivity contribution is 0.317. The summed E-state index contributed by atoms with van der Waals surface area (Å²) >= 11 is 6.25. The van der Waals surface area contributed by atoms with Gasteiger partial charge in [0.25, 0.3) is 0 Å². The molecule has 4 rings (SSSR count). The van der Waals surface area contributed by atoms with E-state index in [9.17, 15) is 13.6 Å². The number of rotatable bonds is 7. The van der Waals surface area contributed by atoms with Gasteiger partial charge in [-0.05, 0) is 79.1 Å². The molecule has 1 atom stereocenters. The first-order valence-corrected chi connectivity index (χ1v) is 14.3. The summed E-state index contributed by atoms with van der Waals surface area (Å²) in [6.45, 7) is 5.07. The largest absolute Gasteiger partial charge is 0.411 e. The highest BCUT2D eigenvalue weighted by Crippen LogP contribution is 2.35. The van der Waals surface area contributed by atoms with Gasteiger partial charge in [-0.15, -0.1) is 0 Å². The van der Waals surface area contributed by atoms with E-state index in [0.29, 0.717) is 36.2 Å². The molecule has 190 valence electrons. The van der Waals surface area contributed by atoms with Crippen molar-refractivity contribution < 1.29 is 13.6 Å². The number of aromatic nitrogens is 1. The molecule has 0 spiro atoms. The van der Waals surface area contributed by atoms with Crippen LogP contribution in [-0.4, -0.2) is 48.0 Å². The summed E-state index contributed by atoms with van der Waals surface area (Å²) in [6, 6.07) is 18.3. The molecule has 2 heterocycles. The van der Waals surface area contributed by atoms with Crippen molar-refractivity contribution in [1.29, 1.82) is 0 Å². The van der Waals surface area contributed by atoms with Crippen molar-refractivity contribution >= 4 is 27.3 Å². The minimum Gasteiger partial charge on any atom is -0.411 e. The van der Waals surface area contributed by atoms with Crippen molar-refractivity contribution in [3.05, 3.63) is 99.3 Å². The average Bonchev–Trinajstić information content (AvgIpc) is 2.85. The van der Waals surface area contributed by atoms with Crippen LogP contribution in [0.15, 0.2) is 65.9 Å². The van der Waals surface area contributed by atoms with E-state index in [0.717, 1.165) is 40.8 Å².